The van der Waals surface area contributed by atoms with Crippen molar-refractivity contribution in [1.82, 2.24) is 0 Å². The number of aromatic nitrogens is 1. The number of hydrogen-bond donors (Lipinski definition) is 0. The first kappa shape index (κ1) is 25.9. The molecule has 1 aliphatic rings. The highest BCUT2D eigenvalue weighted by molar-refractivity contribution is 6.16. The van der Waals surface area contributed by atoms with Gasteiger partial charge in [-0.05, 0) is 81.3 Å². The third kappa shape index (κ3) is 4.29. The van der Waals surface area contributed by atoms with Crippen LogP contribution >= 0.6 is 0 Å². The second kappa shape index (κ2) is 9.08. The molecule has 1 aromatic heterocycles. The van der Waals surface area contributed by atoms with E-state index in [4.69, 9.17) is 4.74 Å². The minimum Gasteiger partial charge on any atom is -0.455 e. The lowest BCUT2D eigenvalue weighted by Crippen LogP contribution is -2.32. The maximum Gasteiger partial charge on any atom is 0.228 e. The molecule has 0 N–H and O–H groups in total. The largest absolute Gasteiger partial charge is 0.455 e. The summed E-state index contributed by atoms with van der Waals surface area (Å²) in [4.78, 5) is 0. The number of benzene rings is 4. The number of hydrogen-bond acceptors (Lipinski definition) is 1. The molecule has 4 aromatic carbocycles. The van der Waals surface area contributed by atoms with Crippen molar-refractivity contribution in [1.29, 1.82) is 0 Å². The zero-order valence-electron chi connectivity index (χ0n) is 25.1. The number of aryl methyl sites for hydroxylation is 2. The molecule has 5 aromatic rings. The van der Waals surface area contributed by atoms with Gasteiger partial charge in [-0.3, -0.25) is 0 Å². The molecule has 0 unspecified atom stereocenters. The number of fused-ring (bicyclic) bond motifs is 5. The van der Waals surface area contributed by atoms with Gasteiger partial charge >= 0.3 is 0 Å². The van der Waals surface area contributed by atoms with Gasteiger partial charge < -0.3 is 4.74 Å². The highest BCUT2D eigenvalue weighted by Crippen LogP contribution is 2.52. The van der Waals surface area contributed by atoms with Crippen LogP contribution < -0.4 is 9.30 Å². The predicted octanol–water partition coefficient (Wildman–Crippen LogP) is 9.96. The molecule has 1 aliphatic heterocycles. The van der Waals surface area contributed by atoms with Crippen LogP contribution in [0.2, 0.25) is 0 Å². The summed E-state index contributed by atoms with van der Waals surface area (Å²) in [6.07, 6.45) is 4.28. The average Bonchev–Trinajstić information content (AvgIpc) is 2.86. The molecule has 0 radical (unpaired) electrons. The minimum absolute atomic E-state index is 0.243. The van der Waals surface area contributed by atoms with Crippen LogP contribution in [-0.4, -0.2) is 0 Å². The second-order valence-corrected chi connectivity index (χ2v) is 13.7. The molecule has 0 spiro atoms. The lowest BCUT2D eigenvalue weighted by atomic mass is 9.83. The third-order valence-electron chi connectivity index (χ3n) is 8.38. The van der Waals surface area contributed by atoms with E-state index in [0.717, 1.165) is 24.3 Å². The molecule has 0 saturated heterocycles. The Morgan fingerprint density at radius 2 is 1.62 bits per heavy atom. The molecule has 2 heteroatoms. The van der Waals surface area contributed by atoms with Crippen molar-refractivity contribution in [3.63, 3.8) is 0 Å². The summed E-state index contributed by atoms with van der Waals surface area (Å²) in [5.41, 5.74) is 8.19. The first-order valence-corrected chi connectivity index (χ1v) is 14.6. The molecular formula is C37H42NO+. The molecule has 0 atom stereocenters. The van der Waals surface area contributed by atoms with Crippen LogP contribution in [0.25, 0.3) is 43.6 Å². The van der Waals surface area contributed by atoms with Gasteiger partial charge in [0.05, 0.1) is 10.9 Å². The Bertz CT molecular complexity index is 1780. The van der Waals surface area contributed by atoms with Crippen molar-refractivity contribution in [3.8, 4) is 22.8 Å². The highest BCUT2D eigenvalue weighted by Gasteiger charge is 2.33. The number of nitrogens with zero attached hydrogens (tertiary/aromatic N) is 1. The Balaban J connectivity index is 1.73. The Labute approximate surface area is 233 Å². The highest BCUT2D eigenvalue weighted by atomic mass is 16.5. The van der Waals surface area contributed by atoms with Crippen LogP contribution in [0.4, 0.5) is 0 Å². The van der Waals surface area contributed by atoms with Crippen LogP contribution in [0.3, 0.4) is 0 Å². The van der Waals surface area contributed by atoms with E-state index in [2.05, 4.69) is 122 Å². The van der Waals surface area contributed by atoms with Gasteiger partial charge in [0.2, 0.25) is 5.69 Å². The van der Waals surface area contributed by atoms with E-state index < -0.39 is 0 Å². The topological polar surface area (TPSA) is 13.1 Å². The van der Waals surface area contributed by atoms with Crippen LogP contribution in [0, 0.1) is 18.3 Å². The summed E-state index contributed by atoms with van der Waals surface area (Å²) < 4.78 is 9.32. The fourth-order valence-corrected chi connectivity index (χ4v) is 6.59. The van der Waals surface area contributed by atoms with Gasteiger partial charge in [0, 0.05) is 17.0 Å². The first-order valence-electron chi connectivity index (χ1n) is 14.6. The zero-order chi connectivity index (χ0) is 27.8. The maximum atomic E-state index is 7.01. The van der Waals surface area contributed by atoms with Gasteiger partial charge in [0.1, 0.15) is 18.5 Å². The number of ether oxygens (including phenoxy) is 1. The zero-order valence-corrected chi connectivity index (χ0v) is 25.1. The van der Waals surface area contributed by atoms with E-state index in [0.29, 0.717) is 11.8 Å². The summed E-state index contributed by atoms with van der Waals surface area (Å²) in [6, 6.07) is 18.6. The van der Waals surface area contributed by atoms with Crippen LogP contribution in [0.1, 0.15) is 76.6 Å². The Kier molecular flexibility index (Phi) is 6.02. The summed E-state index contributed by atoms with van der Waals surface area (Å²) in [7, 11) is 2.18. The molecule has 2 nitrogen and oxygen atoms in total. The first-order chi connectivity index (χ1) is 18.4. The van der Waals surface area contributed by atoms with Crippen molar-refractivity contribution >= 4 is 32.3 Å². The molecule has 2 heterocycles. The lowest BCUT2D eigenvalue weighted by molar-refractivity contribution is -0.659. The maximum absolute atomic E-state index is 7.01. The standard InChI is InChI=1S/C37H42NO/c1-21(2)16-31-27-13-10-24(20-37(6,7)8)17-29(27)23(5)33-35-34-28(14-15-38(35)9)30-18-25(22(3)4)11-12-26(30)19-32(34)39-36(31)33/h10-15,17-19,21-22H,16,20H2,1-9H3/q+1. The minimum atomic E-state index is 0.243. The normalized spacial score (nSPS) is 13.1. The molecule has 0 bridgehead atoms. The van der Waals surface area contributed by atoms with Gasteiger partial charge in [0.25, 0.3) is 0 Å². The van der Waals surface area contributed by atoms with Gasteiger partial charge in [-0.2, -0.15) is 0 Å². The van der Waals surface area contributed by atoms with E-state index >= 15 is 0 Å². The summed E-state index contributed by atoms with van der Waals surface area (Å²) in [5, 5.41) is 7.73. The van der Waals surface area contributed by atoms with E-state index in [1.54, 1.807) is 0 Å². The van der Waals surface area contributed by atoms with E-state index in [1.807, 2.05) is 0 Å². The SMILES string of the molecule is Cc1c2c(c(CC(C)C)c3ccc(CC(C)(C)C)cc13)Oc1cc3ccc(C(C)C)cc3c3cc[n+](C)c-2c13. The summed E-state index contributed by atoms with van der Waals surface area (Å²) in [5.74, 6) is 3.03. The third-order valence-corrected chi connectivity index (χ3v) is 8.38. The molecular weight excluding hydrogens is 474 g/mol. The quantitative estimate of drug-likeness (QED) is 0.168. The Hall–Kier alpha value is -3.39. The molecule has 0 fully saturated rings. The fraction of sp³-hybridized carbons (Fsp3) is 0.378. The van der Waals surface area contributed by atoms with Crippen molar-refractivity contribution in [2.24, 2.45) is 18.4 Å². The second-order valence-electron chi connectivity index (χ2n) is 13.7. The van der Waals surface area contributed by atoms with E-state index in [9.17, 15) is 0 Å². The molecule has 0 aliphatic carbocycles. The monoisotopic (exact) mass is 516 g/mol. The molecule has 39 heavy (non-hydrogen) atoms. The lowest BCUT2D eigenvalue weighted by Gasteiger charge is -2.27. The van der Waals surface area contributed by atoms with Gasteiger partial charge in [-0.15, -0.1) is 0 Å². The van der Waals surface area contributed by atoms with Crippen LogP contribution in [-0.2, 0) is 19.9 Å². The Morgan fingerprint density at radius 1 is 0.846 bits per heavy atom. The van der Waals surface area contributed by atoms with Crippen molar-refractivity contribution in [2.45, 2.75) is 74.1 Å². The van der Waals surface area contributed by atoms with Crippen LogP contribution in [0.5, 0.6) is 11.5 Å². The van der Waals surface area contributed by atoms with Gasteiger partial charge in [-0.1, -0.05) is 84.9 Å². The summed E-state index contributed by atoms with van der Waals surface area (Å²) in [6.45, 7) is 18.4. The average molecular weight is 517 g/mol. The van der Waals surface area contributed by atoms with Gasteiger partial charge in [-0.25, -0.2) is 4.57 Å². The number of pyridine rings is 1. The fourth-order valence-electron chi connectivity index (χ4n) is 6.59. The molecule has 0 amide bonds. The van der Waals surface area contributed by atoms with Crippen molar-refractivity contribution < 1.29 is 9.30 Å². The predicted molar refractivity (Wildman–Crippen MR) is 166 cm³/mol. The van der Waals surface area contributed by atoms with Crippen LogP contribution in [0.15, 0.2) is 54.7 Å². The number of rotatable bonds is 4. The molecule has 200 valence electrons. The van der Waals surface area contributed by atoms with E-state index in [-0.39, 0.29) is 5.41 Å². The van der Waals surface area contributed by atoms with Gasteiger partial charge in [0.15, 0.2) is 6.20 Å². The molecule has 6 rings (SSSR count). The van der Waals surface area contributed by atoms with Crippen molar-refractivity contribution in [3.05, 3.63) is 77.0 Å². The Morgan fingerprint density at radius 3 is 2.31 bits per heavy atom. The van der Waals surface area contributed by atoms with Crippen molar-refractivity contribution in [2.75, 3.05) is 0 Å². The van der Waals surface area contributed by atoms with E-state index in [1.165, 1.54) is 65.8 Å². The molecule has 0 saturated carbocycles. The smallest absolute Gasteiger partial charge is 0.228 e. The summed E-state index contributed by atoms with van der Waals surface area (Å²) >= 11 is 0.